The number of rotatable bonds is 4. The summed E-state index contributed by atoms with van der Waals surface area (Å²) in [5.41, 5.74) is 2.85. The Balaban J connectivity index is 1.64. The molecule has 2 heterocycles. The highest BCUT2D eigenvalue weighted by atomic mass is 16.2. The summed E-state index contributed by atoms with van der Waals surface area (Å²) >= 11 is 0. The van der Waals surface area contributed by atoms with Gasteiger partial charge in [-0.05, 0) is 55.3 Å². The molecule has 1 N–H and O–H groups in total. The maximum atomic E-state index is 12.9. The summed E-state index contributed by atoms with van der Waals surface area (Å²) in [6.45, 7) is 3.06. The maximum absolute atomic E-state index is 12.9. The Hall–Kier alpha value is -2.13. The van der Waals surface area contributed by atoms with Crippen LogP contribution in [0, 0.1) is 5.41 Å². The zero-order valence-corrected chi connectivity index (χ0v) is 15.4. The maximum Gasteiger partial charge on any atom is 0.223 e. The normalized spacial score (nSPS) is 20.9. The highest BCUT2D eigenvalue weighted by molar-refractivity contribution is 5.78. The molecule has 1 atom stereocenters. The van der Waals surface area contributed by atoms with Crippen molar-refractivity contribution in [3.05, 3.63) is 71.8 Å². The molecular weight excluding hydrogens is 320 g/mol. The predicted molar refractivity (Wildman–Crippen MR) is 105 cm³/mol. The second-order valence-electron chi connectivity index (χ2n) is 7.89. The van der Waals surface area contributed by atoms with Gasteiger partial charge in [-0.3, -0.25) is 4.79 Å². The van der Waals surface area contributed by atoms with Gasteiger partial charge < -0.3 is 10.2 Å². The van der Waals surface area contributed by atoms with Crippen molar-refractivity contribution in [1.29, 1.82) is 0 Å². The molecule has 2 fully saturated rings. The largest absolute Gasteiger partial charge is 0.335 e. The number of piperidine rings is 2. The van der Waals surface area contributed by atoms with Gasteiger partial charge in [0, 0.05) is 13.0 Å². The monoisotopic (exact) mass is 348 g/mol. The van der Waals surface area contributed by atoms with Crippen LogP contribution in [0.15, 0.2) is 60.7 Å². The van der Waals surface area contributed by atoms with Crippen LogP contribution in [0.4, 0.5) is 0 Å². The average Bonchev–Trinajstić information content (AvgIpc) is 2.71. The second-order valence-corrected chi connectivity index (χ2v) is 7.89. The first-order valence-corrected chi connectivity index (χ1v) is 9.85. The summed E-state index contributed by atoms with van der Waals surface area (Å²) in [5.74, 6) is 0.318. The fraction of sp³-hybridized carbons (Fsp3) is 0.435. The molecule has 1 spiro atoms. The van der Waals surface area contributed by atoms with Gasteiger partial charge in [0.15, 0.2) is 0 Å². The first kappa shape index (κ1) is 17.3. The summed E-state index contributed by atoms with van der Waals surface area (Å²) in [6, 6.07) is 21.3. The molecule has 0 saturated carbocycles. The van der Waals surface area contributed by atoms with E-state index < -0.39 is 0 Å². The van der Waals surface area contributed by atoms with Crippen LogP contribution in [0.1, 0.15) is 42.9 Å². The number of likely N-dealkylation sites (tertiary alicyclic amines) is 1. The molecule has 2 saturated heterocycles. The fourth-order valence-electron chi connectivity index (χ4n) is 4.61. The predicted octanol–water partition coefficient (Wildman–Crippen LogP) is 3.96. The quantitative estimate of drug-likeness (QED) is 0.907. The van der Waals surface area contributed by atoms with Crippen LogP contribution in [0.25, 0.3) is 0 Å². The van der Waals surface area contributed by atoms with Crippen molar-refractivity contribution in [2.75, 3.05) is 19.6 Å². The molecule has 26 heavy (non-hydrogen) atoms. The SMILES string of the molecule is O=C1CCC2(CCNCC2)CN1C(Cc1ccccc1)c1ccccc1. The van der Waals surface area contributed by atoms with E-state index in [0.29, 0.717) is 17.7 Å². The molecule has 3 nitrogen and oxygen atoms in total. The van der Waals surface area contributed by atoms with Gasteiger partial charge in [0.05, 0.1) is 6.04 Å². The smallest absolute Gasteiger partial charge is 0.223 e. The third-order valence-corrected chi connectivity index (χ3v) is 6.19. The Morgan fingerprint density at radius 3 is 2.27 bits per heavy atom. The number of carbonyl (C=O) groups excluding carboxylic acids is 1. The Kier molecular flexibility index (Phi) is 5.07. The van der Waals surface area contributed by atoms with E-state index >= 15 is 0 Å². The van der Waals surface area contributed by atoms with Crippen molar-refractivity contribution in [3.8, 4) is 0 Å². The molecule has 2 aliphatic rings. The van der Waals surface area contributed by atoms with Gasteiger partial charge in [0.25, 0.3) is 0 Å². The Morgan fingerprint density at radius 1 is 0.923 bits per heavy atom. The molecule has 3 heteroatoms. The fourth-order valence-corrected chi connectivity index (χ4v) is 4.61. The van der Waals surface area contributed by atoms with Crippen LogP contribution in [0.3, 0.4) is 0 Å². The molecule has 2 aliphatic heterocycles. The van der Waals surface area contributed by atoms with Gasteiger partial charge in [0.2, 0.25) is 5.91 Å². The lowest BCUT2D eigenvalue weighted by Gasteiger charge is -2.48. The van der Waals surface area contributed by atoms with Gasteiger partial charge in [-0.1, -0.05) is 60.7 Å². The lowest BCUT2D eigenvalue weighted by atomic mass is 9.72. The van der Waals surface area contributed by atoms with Gasteiger partial charge in [-0.15, -0.1) is 0 Å². The third kappa shape index (κ3) is 3.68. The number of amides is 1. The highest BCUT2D eigenvalue weighted by Gasteiger charge is 2.41. The summed E-state index contributed by atoms with van der Waals surface area (Å²) in [5, 5.41) is 3.48. The molecule has 136 valence electrons. The molecular formula is C23H28N2O. The van der Waals surface area contributed by atoms with Gasteiger partial charge in [0.1, 0.15) is 0 Å². The Bertz CT molecular complexity index is 722. The van der Waals surface area contributed by atoms with Crippen molar-refractivity contribution in [2.24, 2.45) is 5.41 Å². The van der Waals surface area contributed by atoms with E-state index in [4.69, 9.17) is 0 Å². The van der Waals surface area contributed by atoms with Gasteiger partial charge >= 0.3 is 0 Å². The average molecular weight is 348 g/mol. The van der Waals surface area contributed by atoms with Crippen LogP contribution in [-0.2, 0) is 11.2 Å². The minimum absolute atomic E-state index is 0.123. The van der Waals surface area contributed by atoms with E-state index in [9.17, 15) is 4.79 Å². The zero-order chi connectivity index (χ0) is 17.8. The second kappa shape index (κ2) is 7.63. The summed E-state index contributed by atoms with van der Waals surface area (Å²) < 4.78 is 0. The van der Waals surface area contributed by atoms with Crippen molar-refractivity contribution in [2.45, 2.75) is 38.1 Å². The Labute approximate surface area is 156 Å². The van der Waals surface area contributed by atoms with Crippen molar-refractivity contribution in [3.63, 3.8) is 0 Å². The van der Waals surface area contributed by atoms with E-state index in [1.807, 2.05) is 0 Å². The van der Waals surface area contributed by atoms with Crippen LogP contribution in [0.5, 0.6) is 0 Å². The van der Waals surface area contributed by atoms with Crippen molar-refractivity contribution in [1.82, 2.24) is 10.2 Å². The van der Waals surface area contributed by atoms with Crippen molar-refractivity contribution < 1.29 is 4.79 Å². The number of hydrogen-bond acceptors (Lipinski definition) is 2. The number of hydrogen-bond donors (Lipinski definition) is 1. The number of carbonyl (C=O) groups is 1. The summed E-state index contributed by atoms with van der Waals surface area (Å²) in [6.07, 6.45) is 4.99. The van der Waals surface area contributed by atoms with Crippen LogP contribution in [-0.4, -0.2) is 30.4 Å². The molecule has 2 aromatic rings. The number of benzene rings is 2. The summed E-state index contributed by atoms with van der Waals surface area (Å²) in [4.78, 5) is 15.1. The van der Waals surface area contributed by atoms with Gasteiger partial charge in [-0.2, -0.15) is 0 Å². The Morgan fingerprint density at radius 2 is 1.58 bits per heavy atom. The molecule has 0 aromatic heterocycles. The molecule has 0 aliphatic carbocycles. The minimum Gasteiger partial charge on any atom is -0.335 e. The molecule has 1 amide bonds. The minimum atomic E-state index is 0.123. The standard InChI is InChI=1S/C23H28N2O/c26-22-11-12-23(13-15-24-16-14-23)18-25(22)21(20-9-5-2-6-10-20)17-19-7-3-1-4-8-19/h1-10,21,24H,11-18H2. The molecule has 4 rings (SSSR count). The molecule has 1 unspecified atom stereocenters. The summed E-state index contributed by atoms with van der Waals surface area (Å²) in [7, 11) is 0. The lowest BCUT2D eigenvalue weighted by molar-refractivity contribution is -0.141. The van der Waals surface area contributed by atoms with E-state index in [0.717, 1.165) is 32.5 Å². The molecule has 0 radical (unpaired) electrons. The third-order valence-electron chi connectivity index (χ3n) is 6.19. The first-order valence-electron chi connectivity index (χ1n) is 9.85. The van der Waals surface area contributed by atoms with Crippen LogP contribution < -0.4 is 5.32 Å². The lowest BCUT2D eigenvalue weighted by Crippen LogP contribution is -2.52. The zero-order valence-electron chi connectivity index (χ0n) is 15.4. The first-order chi connectivity index (χ1) is 12.8. The molecule has 2 aromatic carbocycles. The number of nitrogens with zero attached hydrogens (tertiary/aromatic N) is 1. The van der Waals surface area contributed by atoms with E-state index in [1.54, 1.807) is 0 Å². The highest BCUT2D eigenvalue weighted by Crippen LogP contribution is 2.41. The number of nitrogens with one attached hydrogen (secondary N) is 1. The van der Waals surface area contributed by atoms with E-state index in [1.165, 1.54) is 24.0 Å². The topological polar surface area (TPSA) is 32.3 Å². The van der Waals surface area contributed by atoms with E-state index in [2.05, 4.69) is 70.9 Å². The van der Waals surface area contributed by atoms with Crippen LogP contribution in [0.2, 0.25) is 0 Å². The van der Waals surface area contributed by atoms with Crippen LogP contribution >= 0.6 is 0 Å². The van der Waals surface area contributed by atoms with Crippen molar-refractivity contribution >= 4 is 5.91 Å². The molecule has 0 bridgehead atoms. The van der Waals surface area contributed by atoms with Gasteiger partial charge in [-0.25, -0.2) is 0 Å². The van der Waals surface area contributed by atoms with E-state index in [-0.39, 0.29) is 6.04 Å².